The van der Waals surface area contributed by atoms with E-state index in [0.717, 1.165) is 11.1 Å². The van der Waals surface area contributed by atoms with Gasteiger partial charge in [-0.05, 0) is 55.6 Å². The third-order valence-electron chi connectivity index (χ3n) is 4.25. The van der Waals surface area contributed by atoms with Crippen LogP contribution in [0.25, 0.3) is 0 Å². The summed E-state index contributed by atoms with van der Waals surface area (Å²) >= 11 is 0. The van der Waals surface area contributed by atoms with E-state index in [1.54, 1.807) is 6.92 Å². The lowest BCUT2D eigenvalue weighted by molar-refractivity contribution is -0.131. The molecule has 2 nitrogen and oxygen atoms in total. The van der Waals surface area contributed by atoms with Gasteiger partial charge >= 0.3 is 5.97 Å². The van der Waals surface area contributed by atoms with E-state index in [0.29, 0.717) is 17.8 Å². The van der Waals surface area contributed by atoms with Crippen molar-refractivity contribution in [1.82, 2.24) is 0 Å². The Labute approximate surface area is 141 Å². The Bertz CT molecular complexity index is 556. The van der Waals surface area contributed by atoms with Gasteiger partial charge in [0.25, 0.3) is 0 Å². The normalized spacial score (nSPS) is 23.8. The first-order valence-corrected chi connectivity index (χ1v) is 8.45. The molecular formula is C21H30O2. The second kappa shape index (κ2) is 9.34. The second-order valence-electron chi connectivity index (χ2n) is 6.90. The Morgan fingerprint density at radius 2 is 1.91 bits per heavy atom. The van der Waals surface area contributed by atoms with Gasteiger partial charge in [0.15, 0.2) is 0 Å². The smallest absolute Gasteiger partial charge is 0.328 e. The molecular weight excluding hydrogens is 284 g/mol. The molecule has 0 aromatic heterocycles. The molecule has 0 aromatic carbocycles. The molecule has 1 aliphatic rings. The van der Waals surface area contributed by atoms with E-state index >= 15 is 0 Å². The molecule has 2 heteroatoms. The van der Waals surface area contributed by atoms with E-state index in [1.807, 2.05) is 18.2 Å². The maximum Gasteiger partial charge on any atom is 0.328 e. The second-order valence-corrected chi connectivity index (χ2v) is 6.90. The van der Waals surface area contributed by atoms with Crippen molar-refractivity contribution in [3.63, 3.8) is 0 Å². The van der Waals surface area contributed by atoms with Gasteiger partial charge in [0.1, 0.15) is 0 Å². The Kier molecular flexibility index (Phi) is 7.80. The van der Waals surface area contributed by atoms with Gasteiger partial charge in [-0.15, -0.1) is 0 Å². The fourth-order valence-electron chi connectivity index (χ4n) is 2.92. The molecule has 1 N–H and O–H groups in total. The van der Waals surface area contributed by atoms with Crippen molar-refractivity contribution in [3.8, 4) is 0 Å². The lowest BCUT2D eigenvalue weighted by atomic mass is 9.77. The largest absolute Gasteiger partial charge is 0.478 e. The van der Waals surface area contributed by atoms with Gasteiger partial charge in [-0.1, -0.05) is 62.8 Å². The molecule has 0 saturated heterocycles. The highest BCUT2D eigenvalue weighted by atomic mass is 16.4. The van der Waals surface area contributed by atoms with Gasteiger partial charge in [0.05, 0.1) is 0 Å². The number of rotatable bonds is 6. The highest BCUT2D eigenvalue weighted by molar-refractivity contribution is 5.81. The molecule has 1 rings (SSSR count). The highest BCUT2D eigenvalue weighted by Crippen LogP contribution is 2.34. The van der Waals surface area contributed by atoms with Crippen molar-refractivity contribution < 1.29 is 9.90 Å². The molecule has 23 heavy (non-hydrogen) atoms. The van der Waals surface area contributed by atoms with E-state index in [2.05, 4.69) is 45.9 Å². The van der Waals surface area contributed by atoms with E-state index < -0.39 is 5.97 Å². The highest BCUT2D eigenvalue weighted by Gasteiger charge is 2.21. The summed E-state index contributed by atoms with van der Waals surface area (Å²) in [4.78, 5) is 10.6. The molecule has 0 amide bonds. The van der Waals surface area contributed by atoms with Crippen molar-refractivity contribution >= 4 is 5.97 Å². The van der Waals surface area contributed by atoms with Crippen molar-refractivity contribution in [2.45, 2.75) is 47.5 Å². The van der Waals surface area contributed by atoms with E-state index in [9.17, 15) is 4.79 Å². The van der Waals surface area contributed by atoms with Crippen LogP contribution in [0, 0.1) is 17.8 Å². The first-order chi connectivity index (χ1) is 10.8. The molecule has 0 aliphatic heterocycles. The van der Waals surface area contributed by atoms with Gasteiger partial charge < -0.3 is 5.11 Å². The summed E-state index contributed by atoms with van der Waals surface area (Å²) in [7, 11) is 0. The molecule has 0 saturated carbocycles. The van der Waals surface area contributed by atoms with Gasteiger partial charge in [-0.3, -0.25) is 0 Å². The molecule has 0 fully saturated rings. The van der Waals surface area contributed by atoms with E-state index in [4.69, 9.17) is 5.11 Å². The van der Waals surface area contributed by atoms with E-state index in [1.165, 1.54) is 24.5 Å². The van der Waals surface area contributed by atoms with Crippen LogP contribution < -0.4 is 0 Å². The van der Waals surface area contributed by atoms with Crippen LogP contribution in [0.4, 0.5) is 0 Å². The van der Waals surface area contributed by atoms with Crippen molar-refractivity contribution in [2.75, 3.05) is 0 Å². The number of hydrogen-bond acceptors (Lipinski definition) is 1. The third kappa shape index (κ3) is 7.32. The van der Waals surface area contributed by atoms with Crippen molar-refractivity contribution in [3.05, 3.63) is 59.3 Å². The van der Waals surface area contributed by atoms with Crippen LogP contribution in [-0.4, -0.2) is 11.1 Å². The Balaban J connectivity index is 2.76. The van der Waals surface area contributed by atoms with Crippen LogP contribution in [0.5, 0.6) is 0 Å². The average molecular weight is 314 g/mol. The van der Waals surface area contributed by atoms with E-state index in [-0.39, 0.29) is 0 Å². The maximum atomic E-state index is 10.6. The summed E-state index contributed by atoms with van der Waals surface area (Å²) in [6, 6.07) is 0. The summed E-state index contributed by atoms with van der Waals surface area (Å²) < 4.78 is 0. The Morgan fingerprint density at radius 1 is 1.22 bits per heavy atom. The standard InChI is InChI=1S/C21H30O2/c1-15(2)20-12-10-18(5)13-19(20)11-9-16(3)7-6-8-17(4)14-21(22)23/h6-9,11,13-15,18,20H,10,12H2,1-5H3,(H,22,23)/b8-6+,11-9+,16-7-,17-14+/t18-,20+/m1/s1. The fourth-order valence-corrected chi connectivity index (χ4v) is 2.92. The molecule has 0 bridgehead atoms. The minimum Gasteiger partial charge on any atom is -0.478 e. The van der Waals surface area contributed by atoms with Crippen LogP contribution >= 0.6 is 0 Å². The van der Waals surface area contributed by atoms with Gasteiger partial charge in [-0.25, -0.2) is 4.79 Å². The molecule has 0 radical (unpaired) electrons. The molecule has 0 unspecified atom stereocenters. The molecule has 0 aromatic rings. The van der Waals surface area contributed by atoms with Crippen LogP contribution in [-0.2, 0) is 4.79 Å². The van der Waals surface area contributed by atoms with Crippen molar-refractivity contribution in [1.29, 1.82) is 0 Å². The van der Waals surface area contributed by atoms with Crippen molar-refractivity contribution in [2.24, 2.45) is 17.8 Å². The molecule has 0 heterocycles. The lowest BCUT2D eigenvalue weighted by Gasteiger charge is -2.28. The zero-order valence-corrected chi connectivity index (χ0v) is 15.0. The van der Waals surface area contributed by atoms with Crippen LogP contribution in [0.2, 0.25) is 0 Å². The molecule has 126 valence electrons. The zero-order valence-electron chi connectivity index (χ0n) is 15.0. The lowest BCUT2D eigenvalue weighted by Crippen LogP contribution is -2.17. The molecule has 2 atom stereocenters. The number of carboxylic acid groups (broad SMARTS) is 1. The SMILES string of the molecule is CC(=C/C=C/C(C)=C/C(=O)O)/C=C/C1=C[C@H](C)CC[C@H]1C(C)C. The molecule has 1 aliphatic carbocycles. The van der Waals surface area contributed by atoms with Gasteiger partial charge in [0.2, 0.25) is 0 Å². The Morgan fingerprint density at radius 3 is 2.52 bits per heavy atom. The number of aliphatic carboxylic acids is 1. The number of hydrogen-bond donors (Lipinski definition) is 1. The number of carboxylic acids is 1. The first-order valence-electron chi connectivity index (χ1n) is 8.45. The topological polar surface area (TPSA) is 37.3 Å². The van der Waals surface area contributed by atoms with Crippen LogP contribution in [0.3, 0.4) is 0 Å². The predicted octanol–water partition coefficient (Wildman–Crippen LogP) is 5.70. The average Bonchev–Trinajstić information content (AvgIpc) is 2.44. The summed E-state index contributed by atoms with van der Waals surface area (Å²) in [5.41, 5.74) is 3.35. The number of carbonyl (C=O) groups is 1. The van der Waals surface area contributed by atoms with Crippen LogP contribution in [0.15, 0.2) is 59.3 Å². The molecule has 0 spiro atoms. The summed E-state index contributed by atoms with van der Waals surface area (Å²) in [5, 5.41) is 8.67. The number of allylic oxidation sites excluding steroid dienone is 9. The zero-order chi connectivity index (χ0) is 17.4. The minimum atomic E-state index is -0.911. The minimum absolute atomic E-state index is 0.659. The summed E-state index contributed by atoms with van der Waals surface area (Å²) in [6.07, 6.45) is 16.3. The van der Waals surface area contributed by atoms with Crippen LogP contribution in [0.1, 0.15) is 47.5 Å². The fraction of sp³-hybridized carbons (Fsp3) is 0.476. The monoisotopic (exact) mass is 314 g/mol. The third-order valence-corrected chi connectivity index (χ3v) is 4.25. The Hall–Kier alpha value is -1.83. The summed E-state index contributed by atoms with van der Waals surface area (Å²) in [6.45, 7) is 10.7. The predicted molar refractivity (Wildman–Crippen MR) is 98.2 cm³/mol. The van der Waals surface area contributed by atoms with Gasteiger partial charge in [0, 0.05) is 6.08 Å². The first kappa shape index (κ1) is 19.2. The summed E-state index contributed by atoms with van der Waals surface area (Å²) in [5.74, 6) is 1.08. The van der Waals surface area contributed by atoms with Gasteiger partial charge in [-0.2, -0.15) is 0 Å². The quantitative estimate of drug-likeness (QED) is 0.504. The maximum absolute atomic E-state index is 10.6.